The van der Waals surface area contributed by atoms with Crippen LogP contribution in [0.5, 0.6) is 0 Å². The van der Waals surface area contributed by atoms with E-state index < -0.39 is 24.0 Å². The van der Waals surface area contributed by atoms with Crippen LogP contribution in [0.15, 0.2) is 86.0 Å². The number of hydrogen-bond donors (Lipinski definition) is 2. The molecular weight excluding hydrogens is 544 g/mol. The fourth-order valence-corrected chi connectivity index (χ4v) is 5.62. The Balaban J connectivity index is 1.82. The summed E-state index contributed by atoms with van der Waals surface area (Å²) in [5.41, 5.74) is 1.75. The Labute approximate surface area is 255 Å². The van der Waals surface area contributed by atoms with E-state index >= 15 is 0 Å². The molecule has 8 heteroatoms. The zero-order valence-corrected chi connectivity index (χ0v) is 25.2. The van der Waals surface area contributed by atoms with E-state index in [2.05, 4.69) is 18.5 Å². The van der Waals surface area contributed by atoms with Crippen molar-refractivity contribution in [1.29, 1.82) is 0 Å². The van der Waals surface area contributed by atoms with Gasteiger partial charge in [-0.25, -0.2) is 0 Å². The van der Waals surface area contributed by atoms with Gasteiger partial charge in [0.2, 0.25) is 11.8 Å². The summed E-state index contributed by atoms with van der Waals surface area (Å²) in [6.07, 6.45) is 6.21. The summed E-state index contributed by atoms with van der Waals surface area (Å²) in [5, 5.41) is 12.7. The predicted molar refractivity (Wildman–Crippen MR) is 167 cm³/mol. The molecule has 2 amide bonds. The van der Waals surface area contributed by atoms with Crippen LogP contribution in [0.4, 0.5) is 0 Å². The van der Waals surface area contributed by atoms with Gasteiger partial charge in [-0.05, 0) is 49.7 Å². The number of carbonyl (C=O) groups excluding carboxylic acids is 3. The molecule has 0 bridgehead atoms. The Morgan fingerprint density at radius 3 is 2.37 bits per heavy atom. The van der Waals surface area contributed by atoms with Crippen molar-refractivity contribution >= 4 is 17.8 Å². The van der Waals surface area contributed by atoms with Gasteiger partial charge in [0, 0.05) is 20.1 Å². The highest BCUT2D eigenvalue weighted by Crippen LogP contribution is 2.27. The first-order valence-electron chi connectivity index (χ1n) is 15.1. The van der Waals surface area contributed by atoms with Crippen molar-refractivity contribution in [2.45, 2.75) is 63.1 Å². The first-order valence-corrected chi connectivity index (χ1v) is 15.1. The molecule has 0 saturated carbocycles. The molecule has 2 aromatic rings. The molecule has 8 nitrogen and oxygen atoms in total. The van der Waals surface area contributed by atoms with Crippen LogP contribution in [0, 0.1) is 11.8 Å². The number of aliphatic hydroxyl groups is 1. The largest absolute Gasteiger partial charge is 0.455 e. The van der Waals surface area contributed by atoms with Gasteiger partial charge in [0.1, 0.15) is 6.10 Å². The van der Waals surface area contributed by atoms with Crippen LogP contribution in [0.25, 0.3) is 0 Å². The van der Waals surface area contributed by atoms with E-state index in [0.29, 0.717) is 32.2 Å². The molecule has 1 aliphatic heterocycles. The minimum atomic E-state index is -0.822. The molecule has 1 fully saturated rings. The molecular formula is C35H46N2O6. The van der Waals surface area contributed by atoms with Crippen molar-refractivity contribution in [3.63, 3.8) is 0 Å². The van der Waals surface area contributed by atoms with Gasteiger partial charge in [-0.1, -0.05) is 72.8 Å². The standard InChI is InChI=1S/C35H46N2O6/c1-4-6-17-29(22-26-15-9-7-10-16-26)35(41)43-33(27-18-11-8-12-19-27)31(25-42-3)36-34(40)28(14-5-2)23-32(39)37-21-13-20-30(37)24-38/h4-5,7-12,15-16,18-19,28-31,33,38H,1-2,6,13-14,17,20-25H2,3H3,(H,36,40). The lowest BCUT2D eigenvalue weighted by atomic mass is 9.94. The number of allylic oxidation sites excluding steroid dienone is 2. The van der Waals surface area contributed by atoms with E-state index in [0.717, 1.165) is 24.0 Å². The molecule has 1 heterocycles. The van der Waals surface area contributed by atoms with Crippen molar-refractivity contribution < 1.29 is 29.0 Å². The van der Waals surface area contributed by atoms with Gasteiger partial charge in [0.15, 0.2) is 0 Å². The number of likely N-dealkylation sites (tertiary alicyclic amines) is 1. The number of carbonyl (C=O) groups is 3. The second-order valence-corrected chi connectivity index (χ2v) is 11.1. The monoisotopic (exact) mass is 590 g/mol. The molecule has 5 unspecified atom stereocenters. The van der Waals surface area contributed by atoms with Crippen LogP contribution in [-0.2, 0) is 30.3 Å². The van der Waals surface area contributed by atoms with Gasteiger partial charge in [0.05, 0.1) is 37.1 Å². The van der Waals surface area contributed by atoms with Gasteiger partial charge in [-0.2, -0.15) is 0 Å². The molecule has 0 spiro atoms. The molecule has 1 aliphatic rings. The first-order chi connectivity index (χ1) is 20.9. The molecule has 232 valence electrons. The van der Waals surface area contributed by atoms with E-state index in [1.54, 1.807) is 17.1 Å². The van der Waals surface area contributed by atoms with Crippen molar-refractivity contribution in [2.75, 3.05) is 26.9 Å². The van der Waals surface area contributed by atoms with Gasteiger partial charge in [0.25, 0.3) is 0 Å². The SMILES string of the molecule is C=CCCC(Cc1ccccc1)C(=O)OC(c1ccccc1)C(COC)NC(=O)C(CC=C)CC(=O)N1CCCC1CO. The van der Waals surface area contributed by atoms with E-state index in [1.165, 1.54) is 7.11 Å². The molecule has 2 aromatic carbocycles. The molecule has 0 aliphatic carbocycles. The third-order valence-electron chi connectivity index (χ3n) is 7.94. The maximum atomic E-state index is 13.7. The molecule has 0 radical (unpaired) electrons. The average molecular weight is 591 g/mol. The van der Waals surface area contributed by atoms with Crippen LogP contribution in [-0.4, -0.2) is 66.7 Å². The Morgan fingerprint density at radius 2 is 1.74 bits per heavy atom. The Hall–Kier alpha value is -3.75. The van der Waals surface area contributed by atoms with E-state index in [9.17, 15) is 19.5 Å². The normalized spacial score (nSPS) is 17.3. The summed E-state index contributed by atoms with van der Waals surface area (Å²) in [6, 6.07) is 18.2. The smallest absolute Gasteiger partial charge is 0.309 e. The molecule has 43 heavy (non-hydrogen) atoms. The summed E-state index contributed by atoms with van der Waals surface area (Å²) in [6.45, 7) is 8.17. The predicted octanol–water partition coefficient (Wildman–Crippen LogP) is 4.79. The summed E-state index contributed by atoms with van der Waals surface area (Å²) in [4.78, 5) is 42.2. The number of ether oxygens (including phenoxy) is 2. The van der Waals surface area contributed by atoms with Gasteiger partial charge in [-0.3, -0.25) is 14.4 Å². The van der Waals surface area contributed by atoms with E-state index in [1.807, 2.05) is 60.7 Å². The van der Waals surface area contributed by atoms with Gasteiger partial charge in [-0.15, -0.1) is 13.2 Å². The summed E-state index contributed by atoms with van der Waals surface area (Å²) in [7, 11) is 1.53. The van der Waals surface area contributed by atoms with E-state index in [4.69, 9.17) is 9.47 Å². The fourth-order valence-electron chi connectivity index (χ4n) is 5.62. The minimum absolute atomic E-state index is 0.00938. The average Bonchev–Trinajstić information content (AvgIpc) is 3.51. The Kier molecular flexibility index (Phi) is 14.2. The number of aliphatic hydroxyl groups excluding tert-OH is 1. The van der Waals surface area contributed by atoms with Crippen LogP contribution in [0.1, 0.15) is 55.8 Å². The quantitative estimate of drug-likeness (QED) is 0.191. The number of benzene rings is 2. The second kappa shape index (κ2) is 18.0. The van der Waals surface area contributed by atoms with Crippen LogP contribution < -0.4 is 5.32 Å². The number of esters is 1. The van der Waals surface area contributed by atoms with Crippen LogP contribution in [0.3, 0.4) is 0 Å². The minimum Gasteiger partial charge on any atom is -0.455 e. The Bertz CT molecular complexity index is 1170. The highest BCUT2D eigenvalue weighted by Gasteiger charge is 2.35. The topological polar surface area (TPSA) is 105 Å². The van der Waals surface area contributed by atoms with Crippen LogP contribution >= 0.6 is 0 Å². The lowest BCUT2D eigenvalue weighted by molar-refractivity contribution is -0.158. The third kappa shape index (κ3) is 10.2. The number of hydrogen-bond acceptors (Lipinski definition) is 6. The number of rotatable bonds is 18. The highest BCUT2D eigenvalue weighted by atomic mass is 16.5. The van der Waals surface area contributed by atoms with Crippen molar-refractivity contribution in [1.82, 2.24) is 10.2 Å². The van der Waals surface area contributed by atoms with Gasteiger partial charge < -0.3 is 24.8 Å². The van der Waals surface area contributed by atoms with Crippen molar-refractivity contribution in [3.8, 4) is 0 Å². The third-order valence-corrected chi connectivity index (χ3v) is 7.94. The molecule has 0 aromatic heterocycles. The fraction of sp³-hybridized carbons (Fsp3) is 0.457. The molecule has 3 rings (SSSR count). The number of methoxy groups -OCH3 is 1. The zero-order chi connectivity index (χ0) is 31.0. The Morgan fingerprint density at radius 1 is 1.05 bits per heavy atom. The maximum absolute atomic E-state index is 13.7. The molecule has 2 N–H and O–H groups in total. The molecule has 5 atom stereocenters. The first kappa shape index (κ1) is 33.7. The number of nitrogens with zero attached hydrogens (tertiary/aromatic N) is 1. The highest BCUT2D eigenvalue weighted by molar-refractivity contribution is 5.86. The maximum Gasteiger partial charge on any atom is 0.309 e. The number of amides is 2. The summed E-state index contributed by atoms with van der Waals surface area (Å²) in [5.74, 6) is -1.96. The lowest BCUT2D eigenvalue weighted by Crippen LogP contribution is -2.47. The van der Waals surface area contributed by atoms with Crippen LogP contribution in [0.2, 0.25) is 0 Å². The second-order valence-electron chi connectivity index (χ2n) is 11.1. The lowest BCUT2D eigenvalue weighted by Gasteiger charge is -2.31. The zero-order valence-electron chi connectivity index (χ0n) is 25.2. The number of nitrogens with one attached hydrogen (secondary N) is 1. The summed E-state index contributed by atoms with van der Waals surface area (Å²) < 4.78 is 11.7. The van der Waals surface area contributed by atoms with Crippen molar-refractivity contribution in [2.24, 2.45) is 11.8 Å². The summed E-state index contributed by atoms with van der Waals surface area (Å²) >= 11 is 0. The van der Waals surface area contributed by atoms with Crippen molar-refractivity contribution in [3.05, 3.63) is 97.1 Å². The van der Waals surface area contributed by atoms with E-state index in [-0.39, 0.29) is 43.5 Å². The van der Waals surface area contributed by atoms with Gasteiger partial charge >= 0.3 is 5.97 Å². The molecule has 1 saturated heterocycles.